The van der Waals surface area contributed by atoms with Gasteiger partial charge in [0.25, 0.3) is 5.91 Å². The van der Waals surface area contributed by atoms with Crippen molar-refractivity contribution in [2.24, 2.45) is 5.92 Å². The van der Waals surface area contributed by atoms with E-state index in [1.54, 1.807) is 25.3 Å². The smallest absolute Gasteiger partial charge is 0.328 e. The maximum absolute atomic E-state index is 12.0. The van der Waals surface area contributed by atoms with Crippen LogP contribution in [0.1, 0.15) is 45.1 Å². The molecule has 1 fully saturated rings. The molecule has 7 heteroatoms. The van der Waals surface area contributed by atoms with Gasteiger partial charge in [0.1, 0.15) is 11.8 Å². The Labute approximate surface area is 171 Å². The number of hydrogen-bond acceptors (Lipinski definition) is 5. The molecule has 29 heavy (non-hydrogen) atoms. The summed E-state index contributed by atoms with van der Waals surface area (Å²) in [5.41, 5.74) is 0.824. The van der Waals surface area contributed by atoms with Gasteiger partial charge < -0.3 is 20.1 Å². The number of hydrogen-bond donors (Lipinski definition) is 2. The summed E-state index contributed by atoms with van der Waals surface area (Å²) >= 11 is 0. The SMILES string of the molecule is COc1ccc(/C=C/C(=O)N[C@@H](C)C(=O)OCC(=O)N[C@H]2CCCC[C@H]2C)cc1. The van der Waals surface area contributed by atoms with E-state index in [0.29, 0.717) is 5.92 Å². The maximum atomic E-state index is 12.0. The Morgan fingerprint density at radius 3 is 2.52 bits per heavy atom. The van der Waals surface area contributed by atoms with Gasteiger partial charge in [-0.1, -0.05) is 31.9 Å². The predicted molar refractivity (Wildman–Crippen MR) is 110 cm³/mol. The summed E-state index contributed by atoms with van der Waals surface area (Å²) in [5, 5.41) is 5.45. The molecule has 0 heterocycles. The summed E-state index contributed by atoms with van der Waals surface area (Å²) in [6.45, 7) is 3.29. The lowest BCUT2D eigenvalue weighted by atomic mass is 9.86. The van der Waals surface area contributed by atoms with E-state index >= 15 is 0 Å². The monoisotopic (exact) mass is 402 g/mol. The van der Waals surface area contributed by atoms with Crippen LogP contribution in [-0.4, -0.2) is 43.6 Å². The highest BCUT2D eigenvalue weighted by atomic mass is 16.5. The zero-order valence-corrected chi connectivity index (χ0v) is 17.3. The van der Waals surface area contributed by atoms with E-state index in [0.717, 1.165) is 30.6 Å². The van der Waals surface area contributed by atoms with Crippen LogP contribution in [0.3, 0.4) is 0 Å². The van der Waals surface area contributed by atoms with Crippen LogP contribution >= 0.6 is 0 Å². The number of ether oxygens (including phenoxy) is 2. The first-order chi connectivity index (χ1) is 13.9. The second-order valence-electron chi connectivity index (χ2n) is 7.38. The van der Waals surface area contributed by atoms with Gasteiger partial charge in [-0.25, -0.2) is 4.79 Å². The highest BCUT2D eigenvalue weighted by Gasteiger charge is 2.24. The van der Waals surface area contributed by atoms with Crippen molar-refractivity contribution in [3.63, 3.8) is 0 Å². The molecule has 0 bridgehead atoms. The Bertz CT molecular complexity index is 729. The van der Waals surface area contributed by atoms with E-state index in [1.165, 1.54) is 19.4 Å². The van der Waals surface area contributed by atoms with Gasteiger partial charge in [0, 0.05) is 12.1 Å². The lowest BCUT2D eigenvalue weighted by Crippen LogP contribution is -2.44. The third kappa shape index (κ3) is 7.60. The summed E-state index contributed by atoms with van der Waals surface area (Å²) in [6.07, 6.45) is 7.30. The molecule has 2 rings (SSSR count). The van der Waals surface area contributed by atoms with Crippen molar-refractivity contribution in [2.45, 2.75) is 51.6 Å². The highest BCUT2D eigenvalue weighted by molar-refractivity contribution is 5.94. The average molecular weight is 402 g/mol. The van der Waals surface area contributed by atoms with Crippen LogP contribution in [0.4, 0.5) is 0 Å². The molecule has 0 unspecified atom stereocenters. The first kappa shape index (κ1) is 22.5. The predicted octanol–water partition coefficient (Wildman–Crippen LogP) is 2.45. The summed E-state index contributed by atoms with van der Waals surface area (Å²) in [4.78, 5) is 36.0. The fourth-order valence-electron chi connectivity index (χ4n) is 3.25. The minimum atomic E-state index is -0.857. The zero-order valence-electron chi connectivity index (χ0n) is 17.3. The van der Waals surface area contributed by atoms with Gasteiger partial charge in [0.05, 0.1) is 7.11 Å². The van der Waals surface area contributed by atoms with Gasteiger partial charge in [0.2, 0.25) is 5.91 Å². The third-order valence-electron chi connectivity index (χ3n) is 5.06. The first-order valence-corrected chi connectivity index (χ1v) is 9.97. The van der Waals surface area contributed by atoms with Crippen LogP contribution in [0.5, 0.6) is 5.75 Å². The van der Waals surface area contributed by atoms with Gasteiger partial charge in [-0.05, 0) is 49.5 Å². The number of amides is 2. The van der Waals surface area contributed by atoms with Crippen LogP contribution in [0.25, 0.3) is 6.08 Å². The Balaban J connectivity index is 1.72. The lowest BCUT2D eigenvalue weighted by molar-refractivity contribution is -0.151. The highest BCUT2D eigenvalue weighted by Crippen LogP contribution is 2.23. The number of nitrogens with one attached hydrogen (secondary N) is 2. The third-order valence-corrected chi connectivity index (χ3v) is 5.06. The van der Waals surface area contributed by atoms with Crippen LogP contribution in [0.15, 0.2) is 30.3 Å². The van der Waals surface area contributed by atoms with Crippen molar-refractivity contribution in [3.05, 3.63) is 35.9 Å². The summed E-state index contributed by atoms with van der Waals surface area (Å²) < 4.78 is 10.1. The quantitative estimate of drug-likeness (QED) is 0.515. The van der Waals surface area contributed by atoms with Gasteiger partial charge in [0.15, 0.2) is 6.61 Å². The van der Waals surface area contributed by atoms with Crippen molar-refractivity contribution in [2.75, 3.05) is 13.7 Å². The first-order valence-electron chi connectivity index (χ1n) is 9.97. The molecule has 1 saturated carbocycles. The topological polar surface area (TPSA) is 93.7 Å². The molecule has 158 valence electrons. The Kier molecular flexibility index (Phi) is 8.70. The van der Waals surface area contributed by atoms with Gasteiger partial charge in [-0.15, -0.1) is 0 Å². The van der Waals surface area contributed by atoms with Crippen molar-refractivity contribution in [1.29, 1.82) is 0 Å². The number of carbonyl (C=O) groups excluding carboxylic acids is 3. The molecule has 0 aromatic heterocycles. The Morgan fingerprint density at radius 1 is 1.17 bits per heavy atom. The van der Waals surface area contributed by atoms with Gasteiger partial charge in [-0.3, -0.25) is 9.59 Å². The number of esters is 1. The van der Waals surface area contributed by atoms with Gasteiger partial charge >= 0.3 is 5.97 Å². The number of benzene rings is 1. The molecular formula is C22H30N2O5. The van der Waals surface area contributed by atoms with E-state index in [4.69, 9.17) is 9.47 Å². The lowest BCUT2D eigenvalue weighted by Gasteiger charge is -2.29. The molecule has 2 N–H and O–H groups in total. The molecule has 0 radical (unpaired) electrons. The van der Waals surface area contributed by atoms with Crippen LogP contribution in [-0.2, 0) is 19.1 Å². The molecular weight excluding hydrogens is 372 g/mol. The van der Waals surface area contributed by atoms with E-state index in [1.807, 2.05) is 12.1 Å². The molecule has 2 amide bonds. The van der Waals surface area contributed by atoms with E-state index in [-0.39, 0.29) is 18.6 Å². The summed E-state index contributed by atoms with van der Waals surface area (Å²) in [7, 11) is 1.58. The van der Waals surface area contributed by atoms with Gasteiger partial charge in [-0.2, -0.15) is 0 Å². The standard InChI is InChI=1S/C22H30N2O5/c1-15-6-4-5-7-19(15)24-21(26)14-29-22(27)16(2)23-20(25)13-10-17-8-11-18(28-3)12-9-17/h8-13,15-16,19H,4-7,14H2,1-3H3,(H,23,25)(H,24,26)/b13-10+/t15-,16+,19+/m1/s1. The molecule has 1 aliphatic rings. The van der Waals surface area contributed by atoms with Crippen LogP contribution in [0, 0.1) is 5.92 Å². The van der Waals surface area contributed by atoms with Crippen molar-refractivity contribution in [1.82, 2.24) is 10.6 Å². The van der Waals surface area contributed by atoms with Crippen LogP contribution in [0.2, 0.25) is 0 Å². The number of methoxy groups -OCH3 is 1. The number of carbonyl (C=O) groups is 3. The molecule has 1 aromatic rings. The van der Waals surface area contributed by atoms with Crippen molar-refractivity contribution in [3.8, 4) is 5.75 Å². The largest absolute Gasteiger partial charge is 0.497 e. The zero-order chi connectivity index (χ0) is 21.2. The minimum absolute atomic E-state index is 0.134. The fourth-order valence-corrected chi connectivity index (χ4v) is 3.25. The van der Waals surface area contributed by atoms with Crippen LogP contribution < -0.4 is 15.4 Å². The van der Waals surface area contributed by atoms with E-state index in [2.05, 4.69) is 17.6 Å². The second kappa shape index (κ2) is 11.2. The molecule has 0 spiro atoms. The molecule has 1 aliphatic carbocycles. The molecule has 3 atom stereocenters. The molecule has 1 aromatic carbocycles. The minimum Gasteiger partial charge on any atom is -0.497 e. The molecule has 0 saturated heterocycles. The second-order valence-corrected chi connectivity index (χ2v) is 7.38. The Morgan fingerprint density at radius 2 is 1.86 bits per heavy atom. The fraction of sp³-hybridized carbons (Fsp3) is 0.500. The summed E-state index contributed by atoms with van der Waals surface area (Å²) in [5.74, 6) is -0.229. The van der Waals surface area contributed by atoms with E-state index in [9.17, 15) is 14.4 Å². The average Bonchev–Trinajstić information content (AvgIpc) is 2.72. The molecule has 7 nitrogen and oxygen atoms in total. The molecule has 0 aliphatic heterocycles. The number of rotatable bonds is 8. The maximum Gasteiger partial charge on any atom is 0.328 e. The summed E-state index contributed by atoms with van der Waals surface area (Å²) in [6, 6.07) is 6.48. The Hall–Kier alpha value is -2.83. The van der Waals surface area contributed by atoms with Crippen molar-refractivity contribution < 1.29 is 23.9 Å². The normalized spacial score (nSPS) is 20.0. The van der Waals surface area contributed by atoms with E-state index < -0.39 is 17.9 Å². The van der Waals surface area contributed by atoms with Crippen molar-refractivity contribution >= 4 is 23.9 Å².